The molecule has 0 fully saturated rings. The number of ether oxygens (including phenoxy) is 1. The van der Waals surface area contributed by atoms with Crippen LogP contribution in [0.5, 0.6) is 5.75 Å². The van der Waals surface area contributed by atoms with Crippen molar-refractivity contribution in [3.8, 4) is 5.75 Å². The number of carbonyl (C=O) groups excluding carboxylic acids is 2. The van der Waals surface area contributed by atoms with Crippen molar-refractivity contribution in [1.82, 2.24) is 10.2 Å². The van der Waals surface area contributed by atoms with Crippen LogP contribution in [-0.2, 0) is 4.79 Å². The van der Waals surface area contributed by atoms with Crippen molar-refractivity contribution in [3.05, 3.63) is 24.3 Å². The second-order valence-corrected chi connectivity index (χ2v) is 4.54. The molecular formula is C14H21N3O3. The van der Waals surface area contributed by atoms with Crippen LogP contribution >= 0.6 is 0 Å². The summed E-state index contributed by atoms with van der Waals surface area (Å²) >= 11 is 0. The highest BCUT2D eigenvalue weighted by atomic mass is 16.5. The van der Waals surface area contributed by atoms with E-state index in [4.69, 9.17) is 4.74 Å². The third-order valence-electron chi connectivity index (χ3n) is 2.81. The Bertz CT molecular complexity index is 457. The van der Waals surface area contributed by atoms with Crippen LogP contribution in [0.2, 0.25) is 0 Å². The molecule has 0 aliphatic rings. The summed E-state index contributed by atoms with van der Waals surface area (Å²) in [6.07, 6.45) is 0. The predicted molar refractivity (Wildman–Crippen MR) is 77.9 cm³/mol. The molecule has 1 aromatic rings. The molecule has 0 saturated carbocycles. The van der Waals surface area contributed by atoms with E-state index in [-0.39, 0.29) is 11.9 Å². The first-order chi connectivity index (χ1) is 9.43. The van der Waals surface area contributed by atoms with Gasteiger partial charge >= 0.3 is 6.03 Å². The smallest absolute Gasteiger partial charge is 0.325 e. The lowest BCUT2D eigenvalue weighted by Gasteiger charge is -2.18. The Hall–Kier alpha value is -2.08. The zero-order valence-corrected chi connectivity index (χ0v) is 12.3. The number of nitrogens with zero attached hydrogens (tertiary/aromatic N) is 1. The van der Waals surface area contributed by atoms with E-state index < -0.39 is 6.03 Å². The maximum absolute atomic E-state index is 11.7. The molecule has 2 N–H and O–H groups in total. The van der Waals surface area contributed by atoms with Crippen molar-refractivity contribution in [1.29, 1.82) is 0 Å². The molecule has 1 rings (SSSR count). The summed E-state index contributed by atoms with van der Waals surface area (Å²) < 4.78 is 5.30. The Kier molecular flexibility index (Phi) is 5.99. The highest BCUT2D eigenvalue weighted by Gasteiger charge is 2.17. The summed E-state index contributed by atoms with van der Waals surface area (Å²) in [6, 6.07) is 6.01. The van der Waals surface area contributed by atoms with Crippen LogP contribution in [0, 0.1) is 0 Å². The number of anilines is 1. The Balaban J connectivity index is 2.52. The summed E-state index contributed by atoms with van der Waals surface area (Å²) in [5.74, 6) is 0.384. The highest BCUT2D eigenvalue weighted by Crippen LogP contribution is 2.15. The molecule has 0 aliphatic carbocycles. The number of rotatable bonds is 5. The molecule has 6 nitrogen and oxygen atoms in total. The zero-order valence-electron chi connectivity index (χ0n) is 12.3. The van der Waals surface area contributed by atoms with E-state index in [2.05, 4.69) is 10.6 Å². The lowest BCUT2D eigenvalue weighted by molar-refractivity contribution is -0.123. The number of nitrogens with one attached hydrogen (secondary N) is 2. The normalized spacial score (nSPS) is 11.8. The molecule has 6 heteroatoms. The molecule has 0 heterocycles. The number of imide groups is 1. The minimum atomic E-state index is -0.548. The number of hydrogen-bond donors (Lipinski definition) is 2. The van der Waals surface area contributed by atoms with E-state index in [1.165, 1.54) is 0 Å². The fraction of sp³-hybridized carbons (Fsp3) is 0.429. The molecular weight excluding hydrogens is 258 g/mol. The molecule has 1 atom stereocenters. The van der Waals surface area contributed by atoms with E-state index in [0.717, 1.165) is 5.75 Å². The highest BCUT2D eigenvalue weighted by molar-refractivity contribution is 6.02. The zero-order chi connectivity index (χ0) is 15.1. The minimum absolute atomic E-state index is 0.349. The molecule has 3 amide bonds. The summed E-state index contributed by atoms with van der Waals surface area (Å²) in [7, 11) is 3.54. The Morgan fingerprint density at radius 2 is 1.85 bits per heavy atom. The lowest BCUT2D eigenvalue weighted by atomic mass is 10.3. The number of urea groups is 1. The van der Waals surface area contributed by atoms with Crippen molar-refractivity contribution < 1.29 is 14.3 Å². The topological polar surface area (TPSA) is 70.7 Å². The fourth-order valence-electron chi connectivity index (χ4n) is 1.41. The van der Waals surface area contributed by atoms with Crippen molar-refractivity contribution in [2.24, 2.45) is 0 Å². The molecule has 0 saturated heterocycles. The van der Waals surface area contributed by atoms with Crippen LogP contribution in [0.4, 0.5) is 10.5 Å². The molecule has 0 aliphatic heterocycles. The van der Waals surface area contributed by atoms with Crippen LogP contribution < -0.4 is 15.4 Å². The van der Waals surface area contributed by atoms with Gasteiger partial charge in [0.05, 0.1) is 12.6 Å². The molecule has 1 aromatic carbocycles. The van der Waals surface area contributed by atoms with E-state index in [1.807, 2.05) is 6.92 Å². The molecule has 0 spiro atoms. The first kappa shape index (κ1) is 16.0. The Morgan fingerprint density at radius 3 is 2.35 bits per heavy atom. The molecule has 0 bridgehead atoms. The van der Waals surface area contributed by atoms with Gasteiger partial charge in [0, 0.05) is 5.69 Å². The van der Waals surface area contributed by atoms with Crippen LogP contribution in [0.1, 0.15) is 13.8 Å². The van der Waals surface area contributed by atoms with Crippen molar-refractivity contribution >= 4 is 17.6 Å². The molecule has 20 heavy (non-hydrogen) atoms. The quantitative estimate of drug-likeness (QED) is 0.860. The number of benzene rings is 1. The van der Waals surface area contributed by atoms with E-state index in [9.17, 15) is 9.59 Å². The second kappa shape index (κ2) is 7.49. The van der Waals surface area contributed by atoms with Crippen molar-refractivity contribution in [2.45, 2.75) is 19.9 Å². The van der Waals surface area contributed by atoms with E-state index in [0.29, 0.717) is 12.3 Å². The number of hydrogen-bond acceptors (Lipinski definition) is 4. The SMILES string of the molecule is CCOc1ccc(NC(=O)NC(=O)C(C)N(C)C)cc1. The van der Waals surface area contributed by atoms with Gasteiger partial charge in [-0.3, -0.25) is 15.0 Å². The third kappa shape index (κ3) is 4.89. The average Bonchev–Trinajstić information content (AvgIpc) is 2.40. The van der Waals surface area contributed by atoms with Crippen molar-refractivity contribution in [3.63, 3.8) is 0 Å². The Labute approximate surface area is 119 Å². The van der Waals surface area contributed by atoms with Gasteiger partial charge in [0.2, 0.25) is 5.91 Å². The van der Waals surface area contributed by atoms with E-state index >= 15 is 0 Å². The average molecular weight is 279 g/mol. The van der Waals surface area contributed by atoms with Gasteiger partial charge in [0.1, 0.15) is 5.75 Å². The van der Waals surface area contributed by atoms with Crippen molar-refractivity contribution in [2.75, 3.05) is 26.0 Å². The fourth-order valence-corrected chi connectivity index (χ4v) is 1.41. The molecule has 1 unspecified atom stereocenters. The Morgan fingerprint density at radius 1 is 1.25 bits per heavy atom. The first-order valence-corrected chi connectivity index (χ1v) is 6.45. The van der Waals surface area contributed by atoms with Crippen LogP contribution in [0.25, 0.3) is 0 Å². The molecule has 110 valence electrons. The predicted octanol–water partition coefficient (Wildman–Crippen LogP) is 1.68. The van der Waals surface area contributed by atoms with Gasteiger partial charge < -0.3 is 10.1 Å². The third-order valence-corrected chi connectivity index (χ3v) is 2.81. The van der Waals surface area contributed by atoms with E-state index in [1.54, 1.807) is 50.2 Å². The van der Waals surface area contributed by atoms with Gasteiger partial charge in [-0.25, -0.2) is 4.79 Å². The minimum Gasteiger partial charge on any atom is -0.494 e. The lowest BCUT2D eigenvalue weighted by Crippen LogP contribution is -2.45. The molecule has 0 aromatic heterocycles. The van der Waals surface area contributed by atoms with Gasteiger partial charge in [-0.05, 0) is 52.2 Å². The standard InChI is InChI=1S/C14H21N3O3/c1-5-20-12-8-6-11(7-9-12)15-14(19)16-13(18)10(2)17(3)4/h6-10H,5H2,1-4H3,(H2,15,16,18,19). The molecule has 0 radical (unpaired) electrons. The van der Waals surface area contributed by atoms with Gasteiger partial charge in [0.25, 0.3) is 0 Å². The van der Waals surface area contributed by atoms with Crippen LogP contribution in [0.3, 0.4) is 0 Å². The van der Waals surface area contributed by atoms with Gasteiger partial charge in [-0.15, -0.1) is 0 Å². The summed E-state index contributed by atoms with van der Waals surface area (Å²) in [5, 5.41) is 4.88. The maximum Gasteiger partial charge on any atom is 0.325 e. The second-order valence-electron chi connectivity index (χ2n) is 4.54. The summed E-state index contributed by atoms with van der Waals surface area (Å²) in [6.45, 7) is 4.21. The van der Waals surface area contributed by atoms with Crippen LogP contribution in [0.15, 0.2) is 24.3 Å². The largest absolute Gasteiger partial charge is 0.494 e. The first-order valence-electron chi connectivity index (χ1n) is 6.45. The monoisotopic (exact) mass is 279 g/mol. The van der Waals surface area contributed by atoms with Gasteiger partial charge in [-0.1, -0.05) is 0 Å². The number of likely N-dealkylation sites (N-methyl/N-ethyl adjacent to an activating group) is 1. The van der Waals surface area contributed by atoms with Gasteiger partial charge in [-0.2, -0.15) is 0 Å². The van der Waals surface area contributed by atoms with Crippen LogP contribution in [-0.4, -0.2) is 43.6 Å². The number of amides is 3. The summed E-state index contributed by atoms with van der Waals surface area (Å²) in [5.41, 5.74) is 0.594. The maximum atomic E-state index is 11.7. The van der Waals surface area contributed by atoms with Gasteiger partial charge in [0.15, 0.2) is 0 Å². The summed E-state index contributed by atoms with van der Waals surface area (Å²) in [4.78, 5) is 25.1. The number of carbonyl (C=O) groups is 2.